The van der Waals surface area contributed by atoms with Crippen molar-refractivity contribution in [1.29, 1.82) is 0 Å². The molecule has 0 unspecified atom stereocenters. The fourth-order valence-electron chi connectivity index (χ4n) is 4.01. The Morgan fingerprint density at radius 2 is 1.88 bits per heavy atom. The number of hydrogen-bond acceptors (Lipinski definition) is 7. The van der Waals surface area contributed by atoms with Crippen LogP contribution in [0.25, 0.3) is 0 Å². The normalized spacial score (nSPS) is 17.0. The lowest BCUT2D eigenvalue weighted by Crippen LogP contribution is -2.30. The van der Waals surface area contributed by atoms with Crippen molar-refractivity contribution in [3.8, 4) is 11.5 Å². The molecule has 0 bridgehead atoms. The topological polar surface area (TPSA) is 102 Å². The number of amides is 1. The van der Waals surface area contributed by atoms with E-state index >= 15 is 0 Å². The highest BCUT2D eigenvalue weighted by Crippen LogP contribution is 2.44. The highest BCUT2D eigenvalue weighted by Gasteiger charge is 2.31. The number of halogens is 1. The first-order chi connectivity index (χ1) is 15.2. The second kappa shape index (κ2) is 8.73. The van der Waals surface area contributed by atoms with Crippen molar-refractivity contribution in [2.75, 3.05) is 32.1 Å². The third-order valence-corrected chi connectivity index (χ3v) is 7.46. The van der Waals surface area contributed by atoms with Gasteiger partial charge in [-0.05, 0) is 62.7 Å². The number of benzene rings is 2. The summed E-state index contributed by atoms with van der Waals surface area (Å²) in [5.41, 5.74) is 1.29. The number of fused-ring (bicyclic) bond motifs is 2. The van der Waals surface area contributed by atoms with Crippen LogP contribution in [-0.2, 0) is 25.1 Å². The zero-order valence-corrected chi connectivity index (χ0v) is 19.3. The van der Waals surface area contributed by atoms with E-state index in [-0.39, 0.29) is 39.4 Å². The predicted molar refractivity (Wildman–Crippen MR) is 119 cm³/mol. The standard InChI is InChI=1S/C22H23ClN2O6S/c1-13-7-14(22(27)30-2)9-18-20(13)31-21-15(12-32(18,28)29)8-16(10-17(21)23)24-19(26)11-25-5-3-4-6-25/h7-10H,3-6,11-12H2,1-2H3,(H,24,26). The molecule has 170 valence electrons. The molecule has 0 spiro atoms. The minimum absolute atomic E-state index is 0.107. The Kier molecular flexibility index (Phi) is 6.15. The monoisotopic (exact) mass is 478 g/mol. The van der Waals surface area contributed by atoms with Gasteiger partial charge in [0.25, 0.3) is 0 Å². The molecule has 0 aliphatic carbocycles. The Balaban J connectivity index is 1.68. The number of methoxy groups -OCH3 is 1. The first-order valence-electron chi connectivity index (χ1n) is 10.2. The molecule has 2 aromatic rings. The summed E-state index contributed by atoms with van der Waals surface area (Å²) in [7, 11) is -2.65. The molecule has 0 saturated carbocycles. The maximum Gasteiger partial charge on any atom is 0.337 e. The van der Waals surface area contributed by atoms with Crippen LogP contribution in [0.4, 0.5) is 5.69 Å². The van der Waals surface area contributed by atoms with Crippen molar-refractivity contribution in [3.05, 3.63) is 46.0 Å². The first kappa shape index (κ1) is 22.6. The van der Waals surface area contributed by atoms with Crippen LogP contribution >= 0.6 is 11.6 Å². The van der Waals surface area contributed by atoms with Crippen molar-refractivity contribution in [3.63, 3.8) is 0 Å². The maximum atomic E-state index is 13.2. The molecular weight excluding hydrogens is 456 g/mol. The molecular formula is C22H23ClN2O6S. The Hall–Kier alpha value is -2.62. The summed E-state index contributed by atoms with van der Waals surface area (Å²) >= 11 is 6.43. The molecule has 1 saturated heterocycles. The number of esters is 1. The van der Waals surface area contributed by atoms with E-state index in [2.05, 4.69) is 10.2 Å². The average molecular weight is 479 g/mol. The largest absolute Gasteiger partial charge is 0.465 e. The highest BCUT2D eigenvalue weighted by atomic mass is 35.5. The SMILES string of the molecule is COC(=O)c1cc(C)c2c(c1)S(=O)(=O)Cc1cc(NC(=O)CN3CCCC3)cc(Cl)c1O2. The van der Waals surface area contributed by atoms with E-state index in [0.717, 1.165) is 25.9 Å². The van der Waals surface area contributed by atoms with Gasteiger partial charge in [-0.25, -0.2) is 13.2 Å². The van der Waals surface area contributed by atoms with Gasteiger partial charge in [-0.3, -0.25) is 9.69 Å². The number of likely N-dealkylation sites (tertiary alicyclic amines) is 1. The minimum atomic E-state index is -3.87. The number of anilines is 1. The number of sulfone groups is 1. The van der Waals surface area contributed by atoms with Gasteiger partial charge in [-0.1, -0.05) is 11.6 Å². The van der Waals surface area contributed by atoms with E-state index in [1.54, 1.807) is 13.0 Å². The van der Waals surface area contributed by atoms with Crippen molar-refractivity contribution in [2.45, 2.75) is 30.4 Å². The third-order valence-electron chi connectivity index (χ3n) is 5.52. The van der Waals surface area contributed by atoms with Crippen molar-refractivity contribution >= 4 is 39.0 Å². The molecule has 1 fully saturated rings. The van der Waals surface area contributed by atoms with Crippen LogP contribution in [0.3, 0.4) is 0 Å². The molecule has 0 radical (unpaired) electrons. The molecule has 2 aliphatic heterocycles. The maximum absolute atomic E-state index is 13.2. The fourth-order valence-corrected chi connectivity index (χ4v) is 5.86. The first-order valence-corrected chi connectivity index (χ1v) is 12.2. The molecule has 10 heteroatoms. The van der Waals surface area contributed by atoms with Gasteiger partial charge in [0.1, 0.15) is 16.4 Å². The molecule has 2 aliphatic rings. The summed E-state index contributed by atoms with van der Waals surface area (Å²) in [4.78, 5) is 26.3. The summed E-state index contributed by atoms with van der Waals surface area (Å²) < 4.78 is 37.0. The van der Waals surface area contributed by atoms with Crippen LogP contribution in [0.5, 0.6) is 11.5 Å². The summed E-state index contributed by atoms with van der Waals surface area (Å²) in [6.07, 6.45) is 2.15. The third kappa shape index (κ3) is 4.46. The average Bonchev–Trinajstić information content (AvgIpc) is 3.18. The van der Waals surface area contributed by atoms with Gasteiger partial charge in [0.15, 0.2) is 9.84 Å². The van der Waals surface area contributed by atoms with Crippen LogP contribution in [0.2, 0.25) is 5.02 Å². The molecule has 4 rings (SSSR count). The molecule has 1 amide bonds. The summed E-state index contributed by atoms with van der Waals surface area (Å²) in [5, 5.41) is 2.97. The lowest BCUT2D eigenvalue weighted by molar-refractivity contribution is -0.117. The molecule has 2 heterocycles. The van der Waals surface area contributed by atoms with Crippen LogP contribution in [0.1, 0.15) is 34.3 Å². The van der Waals surface area contributed by atoms with Crippen LogP contribution < -0.4 is 10.1 Å². The number of carbonyl (C=O) groups excluding carboxylic acids is 2. The number of hydrogen-bond donors (Lipinski definition) is 1. The Morgan fingerprint density at radius 1 is 1.16 bits per heavy atom. The second-order valence-corrected chi connectivity index (χ2v) is 10.3. The van der Waals surface area contributed by atoms with E-state index in [1.165, 1.54) is 25.3 Å². The van der Waals surface area contributed by atoms with E-state index in [1.807, 2.05) is 0 Å². The molecule has 1 N–H and O–H groups in total. The van der Waals surface area contributed by atoms with Crippen molar-refractivity contribution in [2.24, 2.45) is 0 Å². The van der Waals surface area contributed by atoms with Gasteiger partial charge in [-0.15, -0.1) is 0 Å². The van der Waals surface area contributed by atoms with Crippen LogP contribution in [-0.4, -0.2) is 51.9 Å². The minimum Gasteiger partial charge on any atom is -0.465 e. The van der Waals surface area contributed by atoms with Crippen LogP contribution in [0, 0.1) is 6.92 Å². The lowest BCUT2D eigenvalue weighted by Gasteiger charge is -2.16. The zero-order chi connectivity index (χ0) is 23.0. The quantitative estimate of drug-likeness (QED) is 0.670. The Bertz CT molecular complexity index is 1210. The molecule has 8 nitrogen and oxygen atoms in total. The van der Waals surface area contributed by atoms with Crippen molar-refractivity contribution < 1.29 is 27.5 Å². The Morgan fingerprint density at radius 3 is 2.56 bits per heavy atom. The highest BCUT2D eigenvalue weighted by molar-refractivity contribution is 7.90. The van der Waals surface area contributed by atoms with Gasteiger partial charge in [-0.2, -0.15) is 0 Å². The molecule has 32 heavy (non-hydrogen) atoms. The van der Waals surface area contributed by atoms with Gasteiger partial charge in [0, 0.05) is 11.3 Å². The molecule has 0 atom stereocenters. The van der Waals surface area contributed by atoms with Gasteiger partial charge >= 0.3 is 5.97 Å². The van der Waals surface area contributed by atoms with Crippen LogP contribution in [0.15, 0.2) is 29.2 Å². The molecule has 2 aromatic carbocycles. The molecule has 0 aromatic heterocycles. The van der Waals surface area contributed by atoms with Gasteiger partial charge < -0.3 is 14.8 Å². The van der Waals surface area contributed by atoms with E-state index in [4.69, 9.17) is 21.1 Å². The second-order valence-electron chi connectivity index (χ2n) is 7.95. The van der Waals surface area contributed by atoms with Gasteiger partial charge in [0.2, 0.25) is 5.91 Å². The van der Waals surface area contributed by atoms with Crippen molar-refractivity contribution in [1.82, 2.24) is 4.90 Å². The smallest absolute Gasteiger partial charge is 0.337 e. The van der Waals surface area contributed by atoms with Gasteiger partial charge in [0.05, 0.1) is 30.0 Å². The zero-order valence-electron chi connectivity index (χ0n) is 17.7. The summed E-state index contributed by atoms with van der Waals surface area (Å²) in [6.45, 7) is 3.68. The van der Waals surface area contributed by atoms with E-state index in [0.29, 0.717) is 16.8 Å². The summed E-state index contributed by atoms with van der Waals surface area (Å²) in [5.74, 6) is -0.907. The number of nitrogens with zero attached hydrogens (tertiary/aromatic N) is 1. The lowest BCUT2D eigenvalue weighted by atomic mass is 10.1. The predicted octanol–water partition coefficient (Wildman–Crippen LogP) is 3.55. The van der Waals surface area contributed by atoms with E-state index < -0.39 is 21.6 Å². The number of ether oxygens (including phenoxy) is 2. The number of aryl methyl sites for hydroxylation is 1. The van der Waals surface area contributed by atoms with E-state index in [9.17, 15) is 18.0 Å². The number of carbonyl (C=O) groups is 2. The fraction of sp³-hybridized carbons (Fsp3) is 0.364. The summed E-state index contributed by atoms with van der Waals surface area (Å²) in [6, 6.07) is 5.86. The number of nitrogens with one attached hydrogen (secondary N) is 1. The number of rotatable bonds is 4. The Labute approximate surface area is 191 Å².